The van der Waals surface area contributed by atoms with Crippen molar-refractivity contribution in [1.29, 1.82) is 0 Å². The van der Waals surface area contributed by atoms with Crippen LogP contribution in [-0.4, -0.2) is 39.8 Å². The number of para-hydroxylation sites is 1. The fourth-order valence-electron chi connectivity index (χ4n) is 3.50. The van der Waals surface area contributed by atoms with Crippen molar-refractivity contribution in [3.05, 3.63) is 62.8 Å². The monoisotopic (exact) mass is 411 g/mol. The molecule has 0 aliphatic carbocycles. The number of carbonyl (C=O) groups is 2. The number of rotatable bonds is 4. The van der Waals surface area contributed by atoms with E-state index >= 15 is 0 Å². The Hall–Kier alpha value is -3.00. The number of thiophene rings is 1. The molecule has 1 aliphatic rings. The van der Waals surface area contributed by atoms with Gasteiger partial charge in [0.25, 0.3) is 11.5 Å². The van der Waals surface area contributed by atoms with Crippen LogP contribution in [0.1, 0.15) is 41.4 Å². The van der Waals surface area contributed by atoms with Crippen LogP contribution in [0.15, 0.2) is 46.6 Å². The highest BCUT2D eigenvalue weighted by Crippen LogP contribution is 2.24. The highest BCUT2D eigenvalue weighted by Gasteiger charge is 2.30. The van der Waals surface area contributed by atoms with Crippen molar-refractivity contribution in [3.8, 4) is 0 Å². The topological polar surface area (TPSA) is 92.4 Å². The fourth-order valence-corrected chi connectivity index (χ4v) is 4.19. The molecular weight excluding hydrogens is 390 g/mol. The molecule has 0 bridgehead atoms. The third-order valence-electron chi connectivity index (χ3n) is 5.16. The standard InChI is InChI=1S/C21H21N3O4S/c1-13(18-22-16-6-3-2-5-15(16)19(25)23-18)28-21(27)14-8-10-24(11-9-14)20(26)17-7-4-12-29-17/h2-7,12-14H,8-11H2,1H3,(H,22,23,25)/t13-/m1/s1. The third kappa shape index (κ3) is 4.07. The van der Waals surface area contributed by atoms with Gasteiger partial charge in [0, 0.05) is 13.1 Å². The summed E-state index contributed by atoms with van der Waals surface area (Å²) in [7, 11) is 0. The van der Waals surface area contributed by atoms with Crippen molar-refractivity contribution < 1.29 is 14.3 Å². The van der Waals surface area contributed by atoms with Crippen LogP contribution in [0.4, 0.5) is 0 Å². The summed E-state index contributed by atoms with van der Waals surface area (Å²) in [5.41, 5.74) is 0.309. The number of aromatic nitrogens is 2. The molecule has 0 radical (unpaired) electrons. The molecule has 2 aromatic heterocycles. The SMILES string of the molecule is C[C@@H](OC(=O)C1CCN(C(=O)c2cccs2)CC1)c1nc2ccccc2c(=O)[nH]1. The maximum Gasteiger partial charge on any atom is 0.309 e. The second-order valence-electron chi connectivity index (χ2n) is 7.09. The molecule has 0 saturated carbocycles. The van der Waals surface area contributed by atoms with Gasteiger partial charge in [0.05, 0.1) is 21.7 Å². The minimum Gasteiger partial charge on any atom is -0.454 e. The number of benzene rings is 1. The summed E-state index contributed by atoms with van der Waals surface area (Å²) in [5.74, 6) is -0.251. The Morgan fingerprint density at radius 3 is 2.69 bits per heavy atom. The summed E-state index contributed by atoms with van der Waals surface area (Å²) in [6.45, 7) is 2.74. The number of piperidine rings is 1. The number of likely N-dealkylation sites (tertiary alicyclic amines) is 1. The van der Waals surface area contributed by atoms with Crippen molar-refractivity contribution in [3.63, 3.8) is 0 Å². The number of esters is 1. The van der Waals surface area contributed by atoms with Crippen LogP contribution in [0.2, 0.25) is 0 Å². The first kappa shape index (κ1) is 19.3. The van der Waals surface area contributed by atoms with Crippen molar-refractivity contribution in [2.75, 3.05) is 13.1 Å². The quantitative estimate of drug-likeness (QED) is 0.666. The number of hydrogen-bond acceptors (Lipinski definition) is 6. The minimum atomic E-state index is -0.661. The average Bonchev–Trinajstić information content (AvgIpc) is 3.28. The Bertz CT molecular complexity index is 1080. The van der Waals surface area contributed by atoms with Crippen molar-refractivity contribution in [2.45, 2.75) is 25.9 Å². The summed E-state index contributed by atoms with van der Waals surface area (Å²) in [4.78, 5) is 46.8. The predicted molar refractivity (Wildman–Crippen MR) is 110 cm³/mol. The second kappa shape index (κ2) is 8.16. The van der Waals surface area contributed by atoms with Crippen molar-refractivity contribution in [1.82, 2.24) is 14.9 Å². The number of H-pyrrole nitrogens is 1. The number of fused-ring (bicyclic) bond motifs is 1. The lowest BCUT2D eigenvalue weighted by molar-refractivity contribution is -0.155. The van der Waals surface area contributed by atoms with E-state index in [0.717, 1.165) is 0 Å². The molecule has 150 valence electrons. The number of nitrogens with one attached hydrogen (secondary N) is 1. The van der Waals surface area contributed by atoms with Crippen molar-refractivity contribution in [2.24, 2.45) is 5.92 Å². The van der Waals surface area contributed by atoms with E-state index in [1.807, 2.05) is 17.5 Å². The van der Waals surface area contributed by atoms with Gasteiger partial charge in [-0.2, -0.15) is 0 Å². The number of carbonyl (C=O) groups excluding carboxylic acids is 2. The van der Waals surface area contributed by atoms with Crippen LogP contribution in [0.3, 0.4) is 0 Å². The van der Waals surface area contributed by atoms with Crippen LogP contribution in [-0.2, 0) is 9.53 Å². The van der Waals surface area contributed by atoms with Gasteiger partial charge in [-0.3, -0.25) is 14.4 Å². The molecule has 1 N–H and O–H groups in total. The number of amides is 1. The van der Waals surface area contributed by atoms with Gasteiger partial charge in [0.1, 0.15) is 0 Å². The van der Waals surface area contributed by atoms with Crippen LogP contribution in [0, 0.1) is 5.92 Å². The maximum absolute atomic E-state index is 12.6. The average molecular weight is 411 g/mol. The largest absolute Gasteiger partial charge is 0.454 e. The van der Waals surface area contributed by atoms with E-state index in [0.29, 0.717) is 47.5 Å². The van der Waals surface area contributed by atoms with Crippen molar-refractivity contribution >= 4 is 34.1 Å². The number of ether oxygens (including phenoxy) is 1. The molecule has 1 aromatic carbocycles. The number of nitrogens with zero attached hydrogens (tertiary/aromatic N) is 2. The third-order valence-corrected chi connectivity index (χ3v) is 6.01. The molecule has 1 aliphatic heterocycles. The summed E-state index contributed by atoms with van der Waals surface area (Å²) in [5, 5.41) is 2.38. The molecule has 29 heavy (non-hydrogen) atoms. The van der Waals surface area contributed by atoms with Gasteiger partial charge in [0.15, 0.2) is 11.9 Å². The van der Waals surface area contributed by atoms with E-state index in [4.69, 9.17) is 4.74 Å². The summed E-state index contributed by atoms with van der Waals surface area (Å²) in [6, 6.07) is 10.7. The van der Waals surface area contributed by atoms with Gasteiger partial charge in [-0.1, -0.05) is 18.2 Å². The Balaban J connectivity index is 1.37. The van der Waals surface area contributed by atoms with Gasteiger partial charge >= 0.3 is 5.97 Å². The predicted octanol–water partition coefficient (Wildman–Crippen LogP) is 3.14. The molecule has 0 spiro atoms. The molecule has 4 rings (SSSR count). The molecule has 0 unspecified atom stereocenters. The smallest absolute Gasteiger partial charge is 0.309 e. The highest BCUT2D eigenvalue weighted by atomic mass is 32.1. The molecular formula is C21H21N3O4S. The molecule has 1 atom stereocenters. The molecule has 3 heterocycles. The van der Waals surface area contributed by atoms with Gasteiger partial charge in [0.2, 0.25) is 0 Å². The maximum atomic E-state index is 12.6. The Morgan fingerprint density at radius 2 is 1.97 bits per heavy atom. The van der Waals surface area contributed by atoms with E-state index in [-0.39, 0.29) is 23.4 Å². The lowest BCUT2D eigenvalue weighted by Gasteiger charge is -2.31. The van der Waals surface area contributed by atoms with E-state index in [1.165, 1.54) is 11.3 Å². The molecule has 1 amide bonds. The van der Waals surface area contributed by atoms with Crippen LogP contribution >= 0.6 is 11.3 Å². The number of aromatic amines is 1. The first-order valence-corrected chi connectivity index (χ1v) is 10.4. The first-order chi connectivity index (χ1) is 14.0. The lowest BCUT2D eigenvalue weighted by atomic mass is 9.97. The van der Waals surface area contributed by atoms with Crippen LogP contribution < -0.4 is 5.56 Å². The molecule has 1 fully saturated rings. The second-order valence-corrected chi connectivity index (χ2v) is 8.04. The van der Waals surface area contributed by atoms with Gasteiger partial charge in [-0.25, -0.2) is 4.98 Å². The Labute approximate surface area is 171 Å². The summed E-state index contributed by atoms with van der Waals surface area (Å²) in [6.07, 6.45) is 0.458. The molecule has 1 saturated heterocycles. The van der Waals surface area contributed by atoms with E-state index in [9.17, 15) is 14.4 Å². The fraction of sp³-hybridized carbons (Fsp3) is 0.333. The summed E-state index contributed by atoms with van der Waals surface area (Å²) >= 11 is 1.42. The first-order valence-electron chi connectivity index (χ1n) is 9.55. The Morgan fingerprint density at radius 1 is 1.21 bits per heavy atom. The van der Waals surface area contributed by atoms with E-state index < -0.39 is 6.10 Å². The van der Waals surface area contributed by atoms with Gasteiger partial charge in [-0.05, 0) is 43.3 Å². The Kier molecular flexibility index (Phi) is 5.44. The molecule has 3 aromatic rings. The van der Waals surface area contributed by atoms with E-state index in [1.54, 1.807) is 36.1 Å². The minimum absolute atomic E-state index is 0.0122. The molecule has 8 heteroatoms. The molecule has 7 nitrogen and oxygen atoms in total. The van der Waals surface area contributed by atoms with Crippen LogP contribution in [0.25, 0.3) is 10.9 Å². The van der Waals surface area contributed by atoms with Crippen LogP contribution in [0.5, 0.6) is 0 Å². The van der Waals surface area contributed by atoms with Gasteiger partial charge < -0.3 is 14.6 Å². The summed E-state index contributed by atoms with van der Waals surface area (Å²) < 4.78 is 5.57. The zero-order valence-electron chi connectivity index (χ0n) is 16.0. The highest BCUT2D eigenvalue weighted by molar-refractivity contribution is 7.12. The lowest BCUT2D eigenvalue weighted by Crippen LogP contribution is -2.40. The van der Waals surface area contributed by atoms with Gasteiger partial charge in [-0.15, -0.1) is 11.3 Å². The zero-order valence-corrected chi connectivity index (χ0v) is 16.8. The normalized spacial score (nSPS) is 16.0. The zero-order chi connectivity index (χ0) is 20.4. The number of hydrogen-bond donors (Lipinski definition) is 1. The van der Waals surface area contributed by atoms with E-state index in [2.05, 4.69) is 9.97 Å².